The molecule has 3 rings (SSSR count). The van der Waals surface area contributed by atoms with Gasteiger partial charge in [-0.05, 0) is 30.2 Å². The van der Waals surface area contributed by atoms with Gasteiger partial charge in [0.1, 0.15) is 0 Å². The van der Waals surface area contributed by atoms with E-state index in [0.717, 1.165) is 5.56 Å². The van der Waals surface area contributed by atoms with Gasteiger partial charge >= 0.3 is 0 Å². The van der Waals surface area contributed by atoms with Crippen LogP contribution in [0.2, 0.25) is 0 Å². The maximum absolute atomic E-state index is 11.8. The van der Waals surface area contributed by atoms with E-state index in [9.17, 15) is 4.79 Å². The Morgan fingerprint density at radius 3 is 2.71 bits per heavy atom. The van der Waals surface area contributed by atoms with E-state index in [1.54, 1.807) is 12.3 Å². The fourth-order valence-corrected chi connectivity index (χ4v) is 2.80. The minimum Gasteiger partial charge on any atom is -0.363 e. The third kappa shape index (κ3) is 2.87. The van der Waals surface area contributed by atoms with Crippen LogP contribution in [0.25, 0.3) is 0 Å². The monoisotopic (exact) mass is 278 g/mol. The van der Waals surface area contributed by atoms with Gasteiger partial charge in [-0.2, -0.15) is 0 Å². The van der Waals surface area contributed by atoms with Gasteiger partial charge < -0.3 is 4.90 Å². The molecular weight excluding hydrogens is 260 g/mol. The SMILES string of the molecule is C[C@@H](c1ccccc1)N1C=CC(=O)C[C@@H]1c1cccnc1. The van der Waals surface area contributed by atoms with Crippen LogP contribution in [0.4, 0.5) is 0 Å². The first kappa shape index (κ1) is 13.6. The maximum Gasteiger partial charge on any atom is 0.159 e. The van der Waals surface area contributed by atoms with E-state index in [4.69, 9.17) is 0 Å². The molecule has 0 unspecified atom stereocenters. The fraction of sp³-hybridized carbons (Fsp3) is 0.222. The molecule has 0 spiro atoms. The van der Waals surface area contributed by atoms with Crippen molar-refractivity contribution in [3.8, 4) is 0 Å². The Morgan fingerprint density at radius 1 is 1.19 bits per heavy atom. The highest BCUT2D eigenvalue weighted by Crippen LogP contribution is 2.35. The van der Waals surface area contributed by atoms with Gasteiger partial charge in [0.15, 0.2) is 5.78 Å². The van der Waals surface area contributed by atoms with Crippen LogP contribution in [-0.4, -0.2) is 15.7 Å². The fourth-order valence-electron chi connectivity index (χ4n) is 2.80. The number of hydrogen-bond donors (Lipinski definition) is 0. The molecule has 106 valence electrons. The lowest BCUT2D eigenvalue weighted by Gasteiger charge is -2.38. The molecule has 1 aliphatic rings. The number of carbonyl (C=O) groups is 1. The molecule has 3 nitrogen and oxygen atoms in total. The van der Waals surface area contributed by atoms with Crippen LogP contribution >= 0.6 is 0 Å². The largest absolute Gasteiger partial charge is 0.363 e. The smallest absolute Gasteiger partial charge is 0.159 e. The first-order chi connectivity index (χ1) is 10.3. The van der Waals surface area contributed by atoms with Crippen LogP contribution < -0.4 is 0 Å². The molecule has 1 aromatic carbocycles. The Morgan fingerprint density at radius 2 is 2.00 bits per heavy atom. The quantitative estimate of drug-likeness (QED) is 0.858. The number of hydrogen-bond acceptors (Lipinski definition) is 3. The molecule has 0 N–H and O–H groups in total. The third-order valence-corrected chi connectivity index (χ3v) is 3.99. The highest BCUT2D eigenvalue weighted by Gasteiger charge is 2.28. The predicted molar refractivity (Wildman–Crippen MR) is 82.4 cm³/mol. The van der Waals surface area contributed by atoms with E-state index in [1.807, 2.05) is 42.7 Å². The van der Waals surface area contributed by atoms with Gasteiger partial charge in [0.2, 0.25) is 0 Å². The van der Waals surface area contributed by atoms with Crippen molar-refractivity contribution < 1.29 is 4.79 Å². The zero-order valence-corrected chi connectivity index (χ0v) is 12.0. The van der Waals surface area contributed by atoms with Crippen molar-refractivity contribution in [2.75, 3.05) is 0 Å². The zero-order chi connectivity index (χ0) is 14.7. The standard InChI is InChI=1S/C18H18N2O/c1-14(15-6-3-2-4-7-15)20-11-9-17(21)12-18(20)16-8-5-10-19-13-16/h2-11,13-14,18H,12H2,1H3/t14-,18+/m0/s1. The molecular formula is C18H18N2O. The molecule has 0 aliphatic carbocycles. The lowest BCUT2D eigenvalue weighted by molar-refractivity contribution is -0.116. The summed E-state index contributed by atoms with van der Waals surface area (Å²) in [5, 5.41) is 0. The van der Waals surface area contributed by atoms with Gasteiger partial charge in [0.25, 0.3) is 0 Å². The van der Waals surface area contributed by atoms with Crippen LogP contribution in [0.15, 0.2) is 67.1 Å². The van der Waals surface area contributed by atoms with Crippen molar-refractivity contribution in [3.63, 3.8) is 0 Å². The highest BCUT2D eigenvalue weighted by molar-refractivity contribution is 5.90. The highest BCUT2D eigenvalue weighted by atomic mass is 16.1. The Kier molecular flexibility index (Phi) is 3.82. The van der Waals surface area contributed by atoms with E-state index in [2.05, 4.69) is 28.9 Å². The van der Waals surface area contributed by atoms with Crippen molar-refractivity contribution in [3.05, 3.63) is 78.3 Å². The number of carbonyl (C=O) groups excluding carboxylic acids is 1. The first-order valence-corrected chi connectivity index (χ1v) is 7.19. The van der Waals surface area contributed by atoms with Crippen molar-refractivity contribution in [1.29, 1.82) is 0 Å². The Balaban J connectivity index is 1.94. The summed E-state index contributed by atoms with van der Waals surface area (Å²) in [6.07, 6.45) is 7.70. The summed E-state index contributed by atoms with van der Waals surface area (Å²) in [7, 11) is 0. The van der Waals surface area contributed by atoms with E-state index in [0.29, 0.717) is 6.42 Å². The van der Waals surface area contributed by atoms with E-state index < -0.39 is 0 Å². The Hall–Kier alpha value is -2.42. The predicted octanol–water partition coefficient (Wildman–Crippen LogP) is 3.67. The van der Waals surface area contributed by atoms with Crippen molar-refractivity contribution in [1.82, 2.24) is 9.88 Å². The number of allylic oxidation sites excluding steroid dienone is 1. The minimum absolute atomic E-state index is 0.0476. The number of benzene rings is 1. The van der Waals surface area contributed by atoms with Crippen LogP contribution in [0, 0.1) is 0 Å². The topological polar surface area (TPSA) is 33.2 Å². The second kappa shape index (κ2) is 5.92. The summed E-state index contributed by atoms with van der Waals surface area (Å²) in [5.74, 6) is 0.167. The molecule has 1 aliphatic heterocycles. The van der Waals surface area contributed by atoms with Gasteiger partial charge in [0.05, 0.1) is 12.1 Å². The van der Waals surface area contributed by atoms with Crippen molar-refractivity contribution in [2.45, 2.75) is 25.4 Å². The number of nitrogens with zero attached hydrogens (tertiary/aromatic N) is 2. The summed E-state index contributed by atoms with van der Waals surface area (Å²) in [6.45, 7) is 2.17. The van der Waals surface area contributed by atoms with E-state index >= 15 is 0 Å². The summed E-state index contributed by atoms with van der Waals surface area (Å²) in [5.41, 5.74) is 2.32. The summed E-state index contributed by atoms with van der Waals surface area (Å²) in [4.78, 5) is 18.3. The second-order valence-corrected chi connectivity index (χ2v) is 5.32. The number of rotatable bonds is 3. The van der Waals surface area contributed by atoms with Crippen molar-refractivity contribution >= 4 is 5.78 Å². The van der Waals surface area contributed by atoms with Crippen LogP contribution in [0.5, 0.6) is 0 Å². The summed E-state index contributed by atoms with van der Waals surface area (Å²) in [6, 6.07) is 14.6. The molecule has 0 bridgehead atoms. The lowest BCUT2D eigenvalue weighted by Crippen LogP contribution is -2.31. The van der Waals surface area contributed by atoms with Crippen LogP contribution in [0.3, 0.4) is 0 Å². The van der Waals surface area contributed by atoms with Gasteiger partial charge in [-0.15, -0.1) is 0 Å². The molecule has 1 aromatic heterocycles. The molecule has 0 amide bonds. The number of aromatic nitrogens is 1. The number of ketones is 1. The van der Waals surface area contributed by atoms with Crippen LogP contribution in [0.1, 0.15) is 36.6 Å². The Bertz CT molecular complexity index is 637. The molecule has 3 heteroatoms. The van der Waals surface area contributed by atoms with E-state index in [-0.39, 0.29) is 17.9 Å². The minimum atomic E-state index is 0.0476. The second-order valence-electron chi connectivity index (χ2n) is 5.32. The molecule has 21 heavy (non-hydrogen) atoms. The molecule has 0 fully saturated rings. The first-order valence-electron chi connectivity index (χ1n) is 7.19. The average molecular weight is 278 g/mol. The zero-order valence-electron chi connectivity index (χ0n) is 12.0. The number of pyridine rings is 1. The average Bonchev–Trinajstić information content (AvgIpc) is 2.56. The van der Waals surface area contributed by atoms with Gasteiger partial charge in [-0.1, -0.05) is 36.4 Å². The summed E-state index contributed by atoms with van der Waals surface area (Å²) < 4.78 is 0. The molecule has 2 heterocycles. The van der Waals surface area contributed by atoms with E-state index in [1.165, 1.54) is 5.56 Å². The molecule has 0 saturated heterocycles. The maximum atomic E-state index is 11.8. The van der Waals surface area contributed by atoms with Gasteiger partial charge in [-0.3, -0.25) is 9.78 Å². The molecule has 2 atom stereocenters. The summed E-state index contributed by atoms with van der Waals surface area (Å²) >= 11 is 0. The normalized spacial score (nSPS) is 19.6. The van der Waals surface area contributed by atoms with Gasteiger partial charge in [-0.25, -0.2) is 0 Å². The molecule has 0 saturated carbocycles. The lowest BCUT2D eigenvalue weighted by atomic mass is 9.95. The Labute approximate surface area is 124 Å². The molecule has 2 aromatic rings. The van der Waals surface area contributed by atoms with Gasteiger partial charge in [0, 0.05) is 25.0 Å². The molecule has 0 radical (unpaired) electrons. The third-order valence-electron chi connectivity index (χ3n) is 3.99. The van der Waals surface area contributed by atoms with Crippen molar-refractivity contribution in [2.24, 2.45) is 0 Å². The van der Waals surface area contributed by atoms with Crippen LogP contribution in [-0.2, 0) is 4.79 Å².